The predicted molar refractivity (Wildman–Crippen MR) is 88.8 cm³/mol. The molecule has 0 radical (unpaired) electrons. The minimum absolute atomic E-state index is 0.249. The molecule has 0 aliphatic carbocycles. The lowest BCUT2D eigenvalue weighted by atomic mass is 10.0. The van der Waals surface area contributed by atoms with Crippen LogP contribution in [0.4, 0.5) is 0 Å². The molecule has 0 fully saturated rings. The Morgan fingerprint density at radius 1 is 0.952 bits per heavy atom. The second-order valence-corrected chi connectivity index (χ2v) is 6.07. The first kappa shape index (κ1) is 18.1. The van der Waals surface area contributed by atoms with Crippen LogP contribution < -0.4 is 5.32 Å². The Morgan fingerprint density at radius 2 is 1.52 bits per heavy atom. The summed E-state index contributed by atoms with van der Waals surface area (Å²) >= 11 is 0. The van der Waals surface area contributed by atoms with Crippen LogP contribution in [0.3, 0.4) is 0 Å². The molecule has 0 heterocycles. The van der Waals surface area contributed by atoms with E-state index in [-0.39, 0.29) is 6.04 Å². The van der Waals surface area contributed by atoms with Crippen molar-refractivity contribution in [1.82, 2.24) is 5.32 Å². The maximum absolute atomic E-state index is 5.78. The molecule has 3 heteroatoms. The highest BCUT2D eigenvalue weighted by Gasteiger charge is 2.11. The molecule has 0 aromatic heterocycles. The van der Waals surface area contributed by atoms with Gasteiger partial charge in [0.05, 0.1) is 25.9 Å². The van der Waals surface area contributed by atoms with Gasteiger partial charge in [-0.3, -0.25) is 0 Å². The molecule has 0 bridgehead atoms. The highest BCUT2D eigenvalue weighted by molar-refractivity contribution is 5.30. The van der Waals surface area contributed by atoms with Gasteiger partial charge in [-0.2, -0.15) is 0 Å². The Bertz CT molecular complexity index is 384. The third kappa shape index (κ3) is 7.60. The van der Waals surface area contributed by atoms with Crippen LogP contribution in [0.1, 0.15) is 43.5 Å². The first-order valence-electron chi connectivity index (χ1n) is 8.00. The van der Waals surface area contributed by atoms with E-state index in [2.05, 4.69) is 58.1 Å². The van der Waals surface area contributed by atoms with Gasteiger partial charge in [-0.25, -0.2) is 0 Å². The van der Waals surface area contributed by atoms with Gasteiger partial charge in [0.15, 0.2) is 0 Å². The van der Waals surface area contributed by atoms with Gasteiger partial charge in [-0.15, -0.1) is 0 Å². The SMILES string of the molecule is CCNC(COCCOCC(C)C)c1cc(C)cc(C)c1. The Morgan fingerprint density at radius 3 is 2.05 bits per heavy atom. The van der Waals surface area contributed by atoms with Crippen LogP contribution in [-0.4, -0.2) is 33.0 Å². The van der Waals surface area contributed by atoms with Gasteiger partial charge in [0.25, 0.3) is 0 Å². The van der Waals surface area contributed by atoms with Crippen molar-refractivity contribution in [2.24, 2.45) is 5.92 Å². The van der Waals surface area contributed by atoms with Gasteiger partial charge < -0.3 is 14.8 Å². The lowest BCUT2D eigenvalue weighted by Crippen LogP contribution is -2.26. The number of likely N-dealkylation sites (N-methyl/N-ethyl adjacent to an activating group) is 1. The van der Waals surface area contributed by atoms with E-state index in [1.807, 2.05) is 0 Å². The van der Waals surface area contributed by atoms with E-state index < -0.39 is 0 Å². The monoisotopic (exact) mass is 293 g/mol. The summed E-state index contributed by atoms with van der Waals surface area (Å²) in [5.74, 6) is 0.578. The molecular formula is C18H31NO2. The highest BCUT2D eigenvalue weighted by atomic mass is 16.5. The van der Waals surface area contributed by atoms with Gasteiger partial charge in [0, 0.05) is 6.61 Å². The molecule has 1 aromatic carbocycles. The van der Waals surface area contributed by atoms with Crippen LogP contribution in [0.15, 0.2) is 18.2 Å². The number of nitrogens with one attached hydrogen (secondary N) is 1. The minimum atomic E-state index is 0.249. The molecule has 0 saturated carbocycles. The van der Waals surface area contributed by atoms with E-state index in [1.54, 1.807) is 0 Å². The van der Waals surface area contributed by atoms with E-state index in [0.717, 1.165) is 13.2 Å². The second-order valence-electron chi connectivity index (χ2n) is 6.07. The molecule has 0 saturated heterocycles. The lowest BCUT2D eigenvalue weighted by Gasteiger charge is -2.20. The molecule has 120 valence electrons. The summed E-state index contributed by atoms with van der Waals surface area (Å²) in [4.78, 5) is 0. The van der Waals surface area contributed by atoms with Crippen LogP contribution in [-0.2, 0) is 9.47 Å². The Balaban J connectivity index is 2.42. The van der Waals surface area contributed by atoms with Crippen molar-refractivity contribution in [3.63, 3.8) is 0 Å². The van der Waals surface area contributed by atoms with Gasteiger partial charge >= 0.3 is 0 Å². The summed E-state index contributed by atoms with van der Waals surface area (Å²) in [5, 5.41) is 3.50. The summed E-state index contributed by atoms with van der Waals surface area (Å²) in [6, 6.07) is 6.92. The van der Waals surface area contributed by atoms with Crippen LogP contribution in [0, 0.1) is 19.8 Å². The van der Waals surface area contributed by atoms with E-state index in [0.29, 0.717) is 25.7 Å². The molecule has 0 aliphatic heterocycles. The summed E-state index contributed by atoms with van der Waals surface area (Å²) in [5.41, 5.74) is 3.90. The lowest BCUT2D eigenvalue weighted by molar-refractivity contribution is 0.0304. The quantitative estimate of drug-likeness (QED) is 0.668. The first-order valence-corrected chi connectivity index (χ1v) is 8.00. The number of hydrogen-bond acceptors (Lipinski definition) is 3. The van der Waals surface area contributed by atoms with Crippen LogP contribution >= 0.6 is 0 Å². The summed E-state index contributed by atoms with van der Waals surface area (Å²) in [6.07, 6.45) is 0. The first-order chi connectivity index (χ1) is 10.0. The van der Waals surface area contributed by atoms with Crippen LogP contribution in [0.5, 0.6) is 0 Å². The number of aryl methyl sites for hydroxylation is 2. The predicted octanol–water partition coefficient (Wildman–Crippen LogP) is 3.64. The molecule has 0 spiro atoms. The van der Waals surface area contributed by atoms with E-state index in [4.69, 9.17) is 9.47 Å². The van der Waals surface area contributed by atoms with Crippen LogP contribution in [0.25, 0.3) is 0 Å². The molecule has 0 amide bonds. The topological polar surface area (TPSA) is 30.5 Å². The molecule has 21 heavy (non-hydrogen) atoms. The van der Waals surface area contributed by atoms with E-state index >= 15 is 0 Å². The molecule has 1 unspecified atom stereocenters. The van der Waals surface area contributed by atoms with Crippen molar-refractivity contribution in [2.45, 2.75) is 40.7 Å². The maximum atomic E-state index is 5.78. The summed E-state index contributed by atoms with van der Waals surface area (Å²) in [6.45, 7) is 14.5. The second kappa shape index (κ2) is 9.93. The summed E-state index contributed by atoms with van der Waals surface area (Å²) in [7, 11) is 0. The fraction of sp³-hybridized carbons (Fsp3) is 0.667. The largest absolute Gasteiger partial charge is 0.379 e. The van der Waals surface area contributed by atoms with Crippen molar-refractivity contribution in [3.05, 3.63) is 34.9 Å². The molecule has 1 rings (SSSR count). The van der Waals surface area contributed by atoms with Gasteiger partial charge in [-0.05, 0) is 31.9 Å². The average molecular weight is 293 g/mol. The number of rotatable bonds is 10. The van der Waals surface area contributed by atoms with Gasteiger partial charge in [0.1, 0.15) is 0 Å². The third-order valence-corrected chi connectivity index (χ3v) is 3.20. The molecule has 3 nitrogen and oxygen atoms in total. The standard InChI is InChI=1S/C18H31NO2/c1-6-19-18(13-21-8-7-20-12-14(2)3)17-10-15(4)9-16(5)11-17/h9-11,14,18-19H,6-8,12-13H2,1-5H3. The Kier molecular flexibility index (Phi) is 8.58. The third-order valence-electron chi connectivity index (χ3n) is 3.20. The number of ether oxygens (including phenoxy) is 2. The molecule has 1 atom stereocenters. The smallest absolute Gasteiger partial charge is 0.0701 e. The average Bonchev–Trinajstić information content (AvgIpc) is 2.40. The maximum Gasteiger partial charge on any atom is 0.0701 e. The van der Waals surface area contributed by atoms with Gasteiger partial charge in [0.2, 0.25) is 0 Å². The van der Waals surface area contributed by atoms with Crippen molar-refractivity contribution in [3.8, 4) is 0 Å². The molecular weight excluding hydrogens is 262 g/mol. The van der Waals surface area contributed by atoms with Crippen molar-refractivity contribution >= 4 is 0 Å². The zero-order chi connectivity index (χ0) is 15.7. The van der Waals surface area contributed by atoms with Crippen molar-refractivity contribution in [1.29, 1.82) is 0 Å². The Hall–Kier alpha value is -0.900. The zero-order valence-corrected chi connectivity index (χ0v) is 14.2. The van der Waals surface area contributed by atoms with Crippen molar-refractivity contribution < 1.29 is 9.47 Å². The fourth-order valence-corrected chi connectivity index (χ4v) is 2.37. The normalized spacial score (nSPS) is 12.9. The van der Waals surface area contributed by atoms with Gasteiger partial charge in [-0.1, -0.05) is 50.1 Å². The van der Waals surface area contributed by atoms with E-state index in [1.165, 1.54) is 16.7 Å². The Labute approximate surface area is 130 Å². The number of hydrogen-bond donors (Lipinski definition) is 1. The highest BCUT2D eigenvalue weighted by Crippen LogP contribution is 2.17. The fourth-order valence-electron chi connectivity index (χ4n) is 2.37. The molecule has 0 aliphatic rings. The van der Waals surface area contributed by atoms with E-state index in [9.17, 15) is 0 Å². The molecule has 1 N–H and O–H groups in total. The van der Waals surface area contributed by atoms with Crippen LogP contribution in [0.2, 0.25) is 0 Å². The zero-order valence-electron chi connectivity index (χ0n) is 14.2. The summed E-state index contributed by atoms with van der Waals surface area (Å²) < 4.78 is 11.3. The van der Waals surface area contributed by atoms with Crippen molar-refractivity contribution in [2.75, 3.05) is 33.0 Å². The minimum Gasteiger partial charge on any atom is -0.379 e. The molecule has 1 aromatic rings. The number of benzene rings is 1.